The predicted molar refractivity (Wildman–Crippen MR) is 69.2 cm³/mol. The van der Waals surface area contributed by atoms with E-state index in [2.05, 4.69) is 26.6 Å². The first kappa shape index (κ1) is 13.7. The summed E-state index contributed by atoms with van der Waals surface area (Å²) in [5.74, 6) is -0.176. The van der Waals surface area contributed by atoms with E-state index >= 15 is 0 Å². The van der Waals surface area contributed by atoms with Crippen LogP contribution in [0.1, 0.15) is 18.5 Å². The molecule has 1 rings (SSSR count). The number of rotatable bonds is 5. The van der Waals surface area contributed by atoms with E-state index in [-0.39, 0.29) is 25.0 Å². The summed E-state index contributed by atoms with van der Waals surface area (Å²) in [4.78, 5) is 11.3. The van der Waals surface area contributed by atoms with Gasteiger partial charge in [-0.1, -0.05) is 34.1 Å². The number of benzene rings is 1. The maximum atomic E-state index is 11.3. The molecule has 0 radical (unpaired) electrons. The zero-order chi connectivity index (χ0) is 12.7. The number of amides is 1. The smallest absolute Gasteiger partial charge is 0.234 e. The molecule has 1 atom stereocenters. The highest BCUT2D eigenvalue weighted by Gasteiger charge is 2.09. The fourth-order valence-corrected chi connectivity index (χ4v) is 2.01. The largest absolute Gasteiger partial charge is 0.342 e. The van der Waals surface area contributed by atoms with Gasteiger partial charge in [0.2, 0.25) is 5.91 Å². The molecule has 0 heterocycles. The molecule has 0 aliphatic rings. The second-order valence-electron chi connectivity index (χ2n) is 3.56. The lowest BCUT2D eigenvalue weighted by Crippen LogP contribution is -2.35. The molecule has 0 fully saturated rings. The lowest BCUT2D eigenvalue weighted by Gasteiger charge is -2.15. The van der Waals surface area contributed by atoms with Crippen LogP contribution in [-0.2, 0) is 4.79 Å². The summed E-state index contributed by atoms with van der Waals surface area (Å²) < 4.78 is 1.01. The van der Waals surface area contributed by atoms with Gasteiger partial charge in [0.15, 0.2) is 0 Å². The Morgan fingerprint density at radius 1 is 1.53 bits per heavy atom. The van der Waals surface area contributed by atoms with Gasteiger partial charge < -0.3 is 10.6 Å². The molecular weight excluding hydrogens is 282 g/mol. The number of nitriles is 1. The van der Waals surface area contributed by atoms with Crippen molar-refractivity contribution in [2.75, 3.05) is 13.1 Å². The van der Waals surface area contributed by atoms with Gasteiger partial charge >= 0.3 is 0 Å². The number of carbonyl (C=O) groups excluding carboxylic acids is 1. The minimum absolute atomic E-state index is 0.0456. The van der Waals surface area contributed by atoms with Crippen LogP contribution in [0.25, 0.3) is 0 Å². The molecule has 1 amide bonds. The van der Waals surface area contributed by atoms with Crippen molar-refractivity contribution < 1.29 is 4.79 Å². The molecule has 90 valence electrons. The van der Waals surface area contributed by atoms with Crippen molar-refractivity contribution in [3.63, 3.8) is 0 Å². The van der Waals surface area contributed by atoms with Crippen LogP contribution in [0.4, 0.5) is 0 Å². The lowest BCUT2D eigenvalue weighted by atomic mass is 10.1. The number of carbonyl (C=O) groups is 1. The molecule has 0 aliphatic carbocycles. The fourth-order valence-electron chi connectivity index (χ4n) is 1.38. The van der Waals surface area contributed by atoms with Crippen LogP contribution in [0.5, 0.6) is 0 Å². The molecule has 0 bridgehead atoms. The van der Waals surface area contributed by atoms with Crippen molar-refractivity contribution in [2.45, 2.75) is 13.0 Å². The summed E-state index contributed by atoms with van der Waals surface area (Å²) in [6.07, 6.45) is 0. The third-order valence-corrected chi connectivity index (χ3v) is 3.03. The van der Waals surface area contributed by atoms with Crippen LogP contribution in [0.2, 0.25) is 0 Å². The molecule has 0 saturated carbocycles. The SMILES string of the molecule is C[C@H](NCC(=O)NCC#N)c1ccccc1Br. The molecule has 0 saturated heterocycles. The monoisotopic (exact) mass is 295 g/mol. The Hall–Kier alpha value is -1.38. The van der Waals surface area contributed by atoms with E-state index in [1.54, 1.807) is 0 Å². The van der Waals surface area contributed by atoms with E-state index in [4.69, 9.17) is 5.26 Å². The molecule has 1 aromatic rings. The minimum Gasteiger partial charge on any atom is -0.342 e. The predicted octanol–water partition coefficient (Wildman–Crippen LogP) is 1.74. The average Bonchev–Trinajstić information content (AvgIpc) is 2.34. The number of hydrogen-bond acceptors (Lipinski definition) is 3. The molecule has 1 aromatic carbocycles. The highest BCUT2D eigenvalue weighted by atomic mass is 79.9. The summed E-state index contributed by atoms with van der Waals surface area (Å²) in [5.41, 5.74) is 1.10. The first-order valence-corrected chi connectivity index (χ1v) is 6.06. The molecule has 4 nitrogen and oxygen atoms in total. The summed E-state index contributed by atoms with van der Waals surface area (Å²) in [6.45, 7) is 2.23. The van der Waals surface area contributed by atoms with Crippen LogP contribution < -0.4 is 10.6 Å². The molecule has 2 N–H and O–H groups in total. The highest BCUT2D eigenvalue weighted by molar-refractivity contribution is 9.10. The Balaban J connectivity index is 2.45. The van der Waals surface area contributed by atoms with Gasteiger partial charge in [-0.25, -0.2) is 0 Å². The van der Waals surface area contributed by atoms with Gasteiger partial charge in [-0.3, -0.25) is 4.79 Å². The molecule has 0 spiro atoms. The maximum absolute atomic E-state index is 11.3. The number of nitrogens with one attached hydrogen (secondary N) is 2. The summed E-state index contributed by atoms with van der Waals surface area (Å²) >= 11 is 3.46. The van der Waals surface area contributed by atoms with Crippen molar-refractivity contribution in [3.05, 3.63) is 34.3 Å². The summed E-state index contributed by atoms with van der Waals surface area (Å²) in [6, 6.07) is 9.78. The van der Waals surface area contributed by atoms with Crippen molar-refractivity contribution in [1.29, 1.82) is 5.26 Å². The third kappa shape index (κ3) is 4.55. The molecular formula is C12H14BrN3O. The Morgan fingerprint density at radius 2 is 2.24 bits per heavy atom. The lowest BCUT2D eigenvalue weighted by molar-refractivity contribution is -0.120. The van der Waals surface area contributed by atoms with Crippen LogP contribution in [0.3, 0.4) is 0 Å². The van der Waals surface area contributed by atoms with E-state index in [1.807, 2.05) is 37.3 Å². The molecule has 0 unspecified atom stereocenters. The number of hydrogen-bond donors (Lipinski definition) is 2. The van der Waals surface area contributed by atoms with Crippen molar-refractivity contribution in [2.24, 2.45) is 0 Å². The normalized spacial score (nSPS) is 11.6. The zero-order valence-electron chi connectivity index (χ0n) is 9.53. The summed E-state index contributed by atoms with van der Waals surface area (Å²) in [5, 5.41) is 13.9. The minimum atomic E-state index is -0.176. The fraction of sp³-hybridized carbons (Fsp3) is 0.333. The Bertz CT molecular complexity index is 428. The van der Waals surface area contributed by atoms with Gasteiger partial charge in [0.25, 0.3) is 0 Å². The number of nitrogens with zero attached hydrogens (tertiary/aromatic N) is 1. The van der Waals surface area contributed by atoms with Crippen molar-refractivity contribution >= 4 is 21.8 Å². The highest BCUT2D eigenvalue weighted by Crippen LogP contribution is 2.22. The number of halogens is 1. The van der Waals surface area contributed by atoms with Gasteiger partial charge in [0, 0.05) is 10.5 Å². The van der Waals surface area contributed by atoms with E-state index < -0.39 is 0 Å². The quantitative estimate of drug-likeness (QED) is 0.813. The molecule has 5 heteroatoms. The third-order valence-electron chi connectivity index (χ3n) is 2.31. The average molecular weight is 296 g/mol. The Kier molecular flexibility index (Phi) is 5.67. The van der Waals surface area contributed by atoms with Crippen LogP contribution in [-0.4, -0.2) is 19.0 Å². The van der Waals surface area contributed by atoms with Crippen molar-refractivity contribution in [1.82, 2.24) is 10.6 Å². The van der Waals surface area contributed by atoms with Crippen LogP contribution in [0, 0.1) is 11.3 Å². The zero-order valence-corrected chi connectivity index (χ0v) is 11.1. The summed E-state index contributed by atoms with van der Waals surface area (Å²) in [7, 11) is 0. The molecule has 17 heavy (non-hydrogen) atoms. The first-order valence-electron chi connectivity index (χ1n) is 5.26. The Labute approximate surface area is 109 Å². The van der Waals surface area contributed by atoms with E-state index in [0.717, 1.165) is 10.0 Å². The molecule has 0 aromatic heterocycles. The van der Waals surface area contributed by atoms with Crippen LogP contribution >= 0.6 is 15.9 Å². The van der Waals surface area contributed by atoms with Gasteiger partial charge in [0.1, 0.15) is 6.54 Å². The van der Waals surface area contributed by atoms with Gasteiger partial charge in [-0.05, 0) is 18.6 Å². The standard InChI is InChI=1S/C12H14BrN3O/c1-9(10-4-2-3-5-11(10)13)16-8-12(17)15-7-6-14/h2-5,9,16H,7-8H2,1H3,(H,15,17)/t9-/m0/s1. The second-order valence-corrected chi connectivity index (χ2v) is 4.41. The topological polar surface area (TPSA) is 64.9 Å². The van der Waals surface area contributed by atoms with Gasteiger partial charge in [-0.2, -0.15) is 5.26 Å². The van der Waals surface area contributed by atoms with Crippen molar-refractivity contribution in [3.8, 4) is 6.07 Å². The van der Waals surface area contributed by atoms with Gasteiger partial charge in [0.05, 0.1) is 12.6 Å². The van der Waals surface area contributed by atoms with Crippen LogP contribution in [0.15, 0.2) is 28.7 Å². The van der Waals surface area contributed by atoms with Gasteiger partial charge in [-0.15, -0.1) is 0 Å². The molecule has 0 aliphatic heterocycles. The van der Waals surface area contributed by atoms with E-state index in [9.17, 15) is 4.79 Å². The maximum Gasteiger partial charge on any atom is 0.234 e. The van der Waals surface area contributed by atoms with E-state index in [0.29, 0.717) is 0 Å². The second kappa shape index (κ2) is 7.05. The van der Waals surface area contributed by atoms with E-state index in [1.165, 1.54) is 0 Å². The first-order chi connectivity index (χ1) is 8.15. The Morgan fingerprint density at radius 3 is 2.88 bits per heavy atom.